The molecule has 0 saturated heterocycles. The molecule has 0 saturated carbocycles. The molecule has 0 spiro atoms. The van der Waals surface area contributed by atoms with Gasteiger partial charge in [-0.05, 0) is 36.8 Å². The number of pyridine rings is 1. The topological polar surface area (TPSA) is 24.9 Å². The molecule has 2 rings (SSSR count). The Morgan fingerprint density at radius 2 is 2.12 bits per heavy atom. The maximum absolute atomic E-state index is 6.11. The summed E-state index contributed by atoms with van der Waals surface area (Å²) in [5.41, 5.74) is 3.08. The number of benzene rings is 1. The van der Waals surface area contributed by atoms with Gasteiger partial charge in [0.15, 0.2) is 0 Å². The van der Waals surface area contributed by atoms with Crippen molar-refractivity contribution < 1.29 is 0 Å². The number of aromatic nitrogens is 1. The van der Waals surface area contributed by atoms with Crippen LogP contribution in [0, 0.1) is 6.92 Å². The van der Waals surface area contributed by atoms with E-state index in [1.807, 2.05) is 37.4 Å². The van der Waals surface area contributed by atoms with Gasteiger partial charge in [0.05, 0.1) is 10.7 Å². The van der Waals surface area contributed by atoms with Crippen LogP contribution < -0.4 is 5.32 Å². The molecule has 1 aromatic heterocycles. The summed E-state index contributed by atoms with van der Waals surface area (Å²) >= 11 is 9.49. The monoisotopic (exact) mass is 310 g/mol. The van der Waals surface area contributed by atoms with Gasteiger partial charge in [0.2, 0.25) is 0 Å². The smallest absolute Gasteiger partial charge is 0.0648 e. The van der Waals surface area contributed by atoms with Crippen molar-refractivity contribution in [3.63, 3.8) is 0 Å². The highest BCUT2D eigenvalue weighted by Crippen LogP contribution is 2.25. The fourth-order valence-corrected chi connectivity index (χ4v) is 2.17. The van der Waals surface area contributed by atoms with Crippen LogP contribution in [-0.2, 0) is 6.54 Å². The number of hydrogen-bond donors (Lipinski definition) is 1. The van der Waals surface area contributed by atoms with Crippen LogP contribution in [-0.4, -0.2) is 4.98 Å². The number of aryl methyl sites for hydroxylation is 1. The van der Waals surface area contributed by atoms with Crippen LogP contribution in [0.1, 0.15) is 11.3 Å². The first kappa shape index (κ1) is 12.4. The molecule has 0 bridgehead atoms. The Kier molecular flexibility index (Phi) is 4.02. The predicted molar refractivity (Wildman–Crippen MR) is 75.5 cm³/mol. The lowest BCUT2D eigenvalue weighted by molar-refractivity contribution is 1.09. The van der Waals surface area contributed by atoms with Crippen molar-refractivity contribution in [2.75, 3.05) is 5.32 Å². The van der Waals surface area contributed by atoms with Gasteiger partial charge in [0.1, 0.15) is 0 Å². The van der Waals surface area contributed by atoms with Gasteiger partial charge in [-0.1, -0.05) is 33.6 Å². The molecule has 0 amide bonds. The lowest BCUT2D eigenvalue weighted by Crippen LogP contribution is -2.00. The molecule has 1 heterocycles. The van der Waals surface area contributed by atoms with E-state index < -0.39 is 0 Å². The van der Waals surface area contributed by atoms with Crippen molar-refractivity contribution in [3.05, 3.63) is 57.3 Å². The minimum atomic E-state index is 0.708. The van der Waals surface area contributed by atoms with E-state index in [1.165, 1.54) is 0 Å². The van der Waals surface area contributed by atoms with Gasteiger partial charge in [-0.15, -0.1) is 0 Å². The van der Waals surface area contributed by atoms with Crippen LogP contribution in [0.4, 0.5) is 5.69 Å². The van der Waals surface area contributed by atoms with Crippen molar-refractivity contribution in [1.82, 2.24) is 4.98 Å². The molecule has 0 aliphatic rings. The number of nitrogens with one attached hydrogen (secondary N) is 1. The first-order valence-electron chi connectivity index (χ1n) is 5.25. The summed E-state index contributed by atoms with van der Waals surface area (Å²) in [5, 5.41) is 3.99. The second-order valence-electron chi connectivity index (χ2n) is 3.79. The standard InChI is InChI=1S/C13H12BrClN2/c1-9-2-3-10(7-16-9)8-17-13-5-4-11(14)6-12(13)15/h2-7,17H,8H2,1H3. The maximum atomic E-state index is 6.11. The number of rotatable bonds is 3. The zero-order valence-corrected chi connectivity index (χ0v) is 11.7. The Bertz CT molecular complexity index is 511. The fourth-order valence-electron chi connectivity index (χ4n) is 1.43. The van der Waals surface area contributed by atoms with E-state index in [1.54, 1.807) is 0 Å². The van der Waals surface area contributed by atoms with Gasteiger partial charge >= 0.3 is 0 Å². The number of halogens is 2. The molecule has 0 fully saturated rings. The SMILES string of the molecule is Cc1ccc(CNc2ccc(Br)cc2Cl)cn1. The molecule has 0 aliphatic carbocycles. The van der Waals surface area contributed by atoms with Gasteiger partial charge in [0.25, 0.3) is 0 Å². The first-order valence-corrected chi connectivity index (χ1v) is 6.43. The Balaban J connectivity index is 2.04. The zero-order valence-electron chi connectivity index (χ0n) is 9.37. The molecule has 1 aromatic carbocycles. The summed E-state index contributed by atoms with van der Waals surface area (Å²) in [4.78, 5) is 4.25. The highest BCUT2D eigenvalue weighted by atomic mass is 79.9. The molecule has 88 valence electrons. The Morgan fingerprint density at radius 1 is 1.29 bits per heavy atom. The summed E-state index contributed by atoms with van der Waals surface area (Å²) in [7, 11) is 0. The molecular weight excluding hydrogens is 300 g/mol. The maximum Gasteiger partial charge on any atom is 0.0648 e. The predicted octanol–water partition coefficient (Wildman–Crippen LogP) is 4.42. The number of nitrogens with zero attached hydrogens (tertiary/aromatic N) is 1. The highest BCUT2D eigenvalue weighted by Gasteiger charge is 2.00. The van der Waals surface area contributed by atoms with Crippen LogP contribution in [0.15, 0.2) is 41.0 Å². The lowest BCUT2D eigenvalue weighted by Gasteiger charge is -2.08. The minimum Gasteiger partial charge on any atom is -0.380 e. The van der Waals surface area contributed by atoms with Gasteiger partial charge < -0.3 is 5.32 Å². The summed E-state index contributed by atoms with van der Waals surface area (Å²) in [6.07, 6.45) is 1.87. The van der Waals surface area contributed by atoms with Crippen LogP contribution in [0.5, 0.6) is 0 Å². The number of hydrogen-bond acceptors (Lipinski definition) is 2. The Labute approximate surface area is 114 Å². The quantitative estimate of drug-likeness (QED) is 0.907. The molecule has 0 radical (unpaired) electrons. The number of anilines is 1. The summed E-state index contributed by atoms with van der Waals surface area (Å²) < 4.78 is 0.977. The van der Waals surface area contributed by atoms with E-state index in [-0.39, 0.29) is 0 Å². The second-order valence-corrected chi connectivity index (χ2v) is 5.11. The Hall–Kier alpha value is -1.06. The molecule has 0 unspecified atom stereocenters. The van der Waals surface area contributed by atoms with E-state index >= 15 is 0 Å². The minimum absolute atomic E-state index is 0.708. The largest absolute Gasteiger partial charge is 0.380 e. The molecule has 2 nitrogen and oxygen atoms in total. The lowest BCUT2D eigenvalue weighted by atomic mass is 10.2. The van der Waals surface area contributed by atoms with E-state index in [2.05, 4.69) is 32.3 Å². The Morgan fingerprint density at radius 3 is 2.76 bits per heavy atom. The van der Waals surface area contributed by atoms with Crippen molar-refractivity contribution >= 4 is 33.2 Å². The van der Waals surface area contributed by atoms with Crippen LogP contribution in [0.3, 0.4) is 0 Å². The third kappa shape index (κ3) is 3.45. The van der Waals surface area contributed by atoms with Crippen LogP contribution >= 0.6 is 27.5 Å². The first-order chi connectivity index (χ1) is 8.15. The highest BCUT2D eigenvalue weighted by molar-refractivity contribution is 9.10. The average molecular weight is 312 g/mol. The van der Waals surface area contributed by atoms with Gasteiger partial charge in [-0.2, -0.15) is 0 Å². The van der Waals surface area contributed by atoms with E-state index in [0.29, 0.717) is 11.6 Å². The molecule has 2 aromatic rings. The second kappa shape index (κ2) is 5.52. The zero-order chi connectivity index (χ0) is 12.3. The van der Waals surface area contributed by atoms with Gasteiger partial charge in [-0.3, -0.25) is 4.98 Å². The van der Waals surface area contributed by atoms with Crippen molar-refractivity contribution in [3.8, 4) is 0 Å². The summed E-state index contributed by atoms with van der Waals surface area (Å²) in [5.74, 6) is 0. The molecule has 4 heteroatoms. The van der Waals surface area contributed by atoms with Crippen LogP contribution in [0.2, 0.25) is 5.02 Å². The van der Waals surface area contributed by atoms with Crippen molar-refractivity contribution in [1.29, 1.82) is 0 Å². The van der Waals surface area contributed by atoms with E-state index in [0.717, 1.165) is 21.4 Å². The third-order valence-electron chi connectivity index (χ3n) is 2.39. The van der Waals surface area contributed by atoms with Gasteiger partial charge in [0, 0.05) is 22.9 Å². The van der Waals surface area contributed by atoms with Crippen molar-refractivity contribution in [2.24, 2.45) is 0 Å². The molecule has 17 heavy (non-hydrogen) atoms. The van der Waals surface area contributed by atoms with Crippen molar-refractivity contribution in [2.45, 2.75) is 13.5 Å². The molecular formula is C13H12BrClN2. The fraction of sp³-hybridized carbons (Fsp3) is 0.154. The van der Waals surface area contributed by atoms with Crippen LogP contribution in [0.25, 0.3) is 0 Å². The normalized spacial score (nSPS) is 10.3. The summed E-state index contributed by atoms with van der Waals surface area (Å²) in [6.45, 7) is 2.69. The third-order valence-corrected chi connectivity index (χ3v) is 3.19. The average Bonchev–Trinajstić information content (AvgIpc) is 2.30. The molecule has 0 aliphatic heterocycles. The van der Waals surface area contributed by atoms with E-state index in [9.17, 15) is 0 Å². The summed E-state index contributed by atoms with van der Waals surface area (Å²) in [6, 6.07) is 9.84. The van der Waals surface area contributed by atoms with Gasteiger partial charge in [-0.25, -0.2) is 0 Å². The molecule has 0 atom stereocenters. The van der Waals surface area contributed by atoms with E-state index in [4.69, 9.17) is 11.6 Å². The molecule has 1 N–H and O–H groups in total.